The number of ether oxygens (including phenoxy) is 1. The maximum Gasteiger partial charge on any atom is 0.120 e. The van der Waals surface area contributed by atoms with Gasteiger partial charge in [0.25, 0.3) is 0 Å². The van der Waals surface area contributed by atoms with Gasteiger partial charge in [-0.05, 0) is 49.9 Å². The molecule has 0 spiro atoms. The van der Waals surface area contributed by atoms with E-state index in [1.54, 1.807) is 0 Å². The lowest BCUT2D eigenvalue weighted by molar-refractivity contribution is 0.217. The van der Waals surface area contributed by atoms with Crippen LogP contribution in [0.25, 0.3) is 10.9 Å². The van der Waals surface area contributed by atoms with Crippen LogP contribution in [0.1, 0.15) is 45.4 Å². The Morgan fingerprint density at radius 2 is 1.95 bits per heavy atom. The highest BCUT2D eigenvalue weighted by Crippen LogP contribution is 2.30. The summed E-state index contributed by atoms with van der Waals surface area (Å²) in [6.07, 6.45) is 1.25. The number of nitrogens with zero attached hydrogens (tertiary/aromatic N) is 1. The van der Waals surface area contributed by atoms with Crippen molar-refractivity contribution in [3.63, 3.8) is 0 Å². The first-order valence-corrected chi connectivity index (χ1v) is 7.96. The first-order chi connectivity index (χ1) is 9.97. The lowest BCUT2D eigenvalue weighted by Gasteiger charge is -2.13. The Bertz CT molecular complexity index is 613. The van der Waals surface area contributed by atoms with Crippen LogP contribution in [0.4, 0.5) is 0 Å². The molecule has 0 aliphatic rings. The van der Waals surface area contributed by atoms with Gasteiger partial charge in [-0.2, -0.15) is 0 Å². The average molecular weight is 288 g/mol. The van der Waals surface area contributed by atoms with E-state index in [-0.39, 0.29) is 6.10 Å². The standard InChI is InChI=1S/C18H28N2O/c1-6-13(4)21-15-7-8-18-16(9-15)17(10-19)14(5)20(18)11-12(2)3/h7-9,12-13H,6,10-11,19H2,1-5H3/t13-/m1/s1. The molecule has 0 amide bonds. The number of hydrogen-bond donors (Lipinski definition) is 1. The highest BCUT2D eigenvalue weighted by Gasteiger charge is 2.15. The molecular weight excluding hydrogens is 260 g/mol. The molecule has 0 saturated carbocycles. The highest BCUT2D eigenvalue weighted by atomic mass is 16.5. The van der Waals surface area contributed by atoms with Crippen LogP contribution in [0.5, 0.6) is 5.75 Å². The van der Waals surface area contributed by atoms with Gasteiger partial charge in [-0.3, -0.25) is 0 Å². The molecule has 2 rings (SSSR count). The first kappa shape index (κ1) is 15.9. The average Bonchev–Trinajstić information content (AvgIpc) is 2.70. The maximum atomic E-state index is 5.98. The van der Waals surface area contributed by atoms with Gasteiger partial charge >= 0.3 is 0 Å². The van der Waals surface area contributed by atoms with Gasteiger partial charge < -0.3 is 15.0 Å². The molecule has 1 atom stereocenters. The molecule has 116 valence electrons. The molecule has 3 heteroatoms. The molecule has 2 N–H and O–H groups in total. The van der Waals surface area contributed by atoms with Crippen molar-refractivity contribution in [2.45, 2.75) is 60.2 Å². The number of hydrogen-bond acceptors (Lipinski definition) is 2. The van der Waals surface area contributed by atoms with Crippen molar-refractivity contribution in [1.29, 1.82) is 0 Å². The van der Waals surface area contributed by atoms with Gasteiger partial charge in [0.2, 0.25) is 0 Å². The SMILES string of the molecule is CC[C@@H](C)Oc1ccc2c(c1)c(CN)c(C)n2CC(C)C. The Balaban J connectivity index is 2.51. The second-order valence-electron chi connectivity index (χ2n) is 6.29. The zero-order valence-electron chi connectivity index (χ0n) is 13.9. The van der Waals surface area contributed by atoms with Crippen LogP contribution in [-0.4, -0.2) is 10.7 Å². The van der Waals surface area contributed by atoms with Crippen LogP contribution in [0.15, 0.2) is 18.2 Å². The smallest absolute Gasteiger partial charge is 0.120 e. The van der Waals surface area contributed by atoms with Crippen LogP contribution in [0.3, 0.4) is 0 Å². The first-order valence-electron chi connectivity index (χ1n) is 7.96. The summed E-state index contributed by atoms with van der Waals surface area (Å²) in [5.74, 6) is 1.55. The molecule has 3 nitrogen and oxygen atoms in total. The number of benzene rings is 1. The summed E-state index contributed by atoms with van der Waals surface area (Å²) in [5, 5.41) is 1.23. The monoisotopic (exact) mass is 288 g/mol. The molecule has 0 unspecified atom stereocenters. The van der Waals surface area contributed by atoms with E-state index in [4.69, 9.17) is 10.5 Å². The van der Waals surface area contributed by atoms with E-state index >= 15 is 0 Å². The van der Waals surface area contributed by atoms with Gasteiger partial charge in [0, 0.05) is 29.7 Å². The van der Waals surface area contributed by atoms with Crippen molar-refractivity contribution in [2.24, 2.45) is 11.7 Å². The van der Waals surface area contributed by atoms with Crippen molar-refractivity contribution in [2.75, 3.05) is 0 Å². The lowest BCUT2D eigenvalue weighted by atomic mass is 10.1. The van der Waals surface area contributed by atoms with E-state index in [0.717, 1.165) is 18.7 Å². The van der Waals surface area contributed by atoms with Gasteiger partial charge in [-0.25, -0.2) is 0 Å². The normalized spacial score (nSPS) is 13.1. The second-order valence-corrected chi connectivity index (χ2v) is 6.29. The Morgan fingerprint density at radius 1 is 1.24 bits per heavy atom. The van der Waals surface area contributed by atoms with E-state index < -0.39 is 0 Å². The fourth-order valence-electron chi connectivity index (χ4n) is 2.78. The van der Waals surface area contributed by atoms with Gasteiger partial charge in [-0.1, -0.05) is 20.8 Å². The molecular formula is C18H28N2O. The molecule has 1 aromatic carbocycles. The minimum Gasteiger partial charge on any atom is -0.491 e. The largest absolute Gasteiger partial charge is 0.491 e. The topological polar surface area (TPSA) is 40.2 Å². The zero-order chi connectivity index (χ0) is 15.6. The number of rotatable bonds is 6. The minimum absolute atomic E-state index is 0.239. The fraction of sp³-hybridized carbons (Fsp3) is 0.556. The summed E-state index contributed by atoms with van der Waals surface area (Å²) in [7, 11) is 0. The molecule has 0 saturated heterocycles. The summed E-state index contributed by atoms with van der Waals surface area (Å²) in [6, 6.07) is 6.39. The zero-order valence-corrected chi connectivity index (χ0v) is 13.9. The predicted octanol–water partition coefficient (Wildman–Crippen LogP) is 4.24. The van der Waals surface area contributed by atoms with Gasteiger partial charge in [-0.15, -0.1) is 0 Å². The maximum absolute atomic E-state index is 5.98. The molecule has 1 aromatic heterocycles. The van der Waals surface area contributed by atoms with E-state index in [0.29, 0.717) is 12.5 Å². The molecule has 0 aliphatic heterocycles. The molecule has 0 radical (unpaired) electrons. The van der Waals surface area contributed by atoms with Crippen LogP contribution < -0.4 is 10.5 Å². The van der Waals surface area contributed by atoms with Crippen molar-refractivity contribution < 1.29 is 4.74 Å². The van der Waals surface area contributed by atoms with E-state index in [2.05, 4.69) is 57.4 Å². The van der Waals surface area contributed by atoms with Gasteiger partial charge in [0.05, 0.1) is 6.10 Å². The predicted molar refractivity (Wildman–Crippen MR) is 89.8 cm³/mol. The van der Waals surface area contributed by atoms with Crippen LogP contribution in [-0.2, 0) is 13.1 Å². The van der Waals surface area contributed by atoms with Gasteiger partial charge in [0.15, 0.2) is 0 Å². The number of aromatic nitrogens is 1. The molecule has 0 aliphatic carbocycles. The number of nitrogens with two attached hydrogens (primary N) is 1. The molecule has 0 bridgehead atoms. The van der Waals surface area contributed by atoms with Gasteiger partial charge in [0.1, 0.15) is 5.75 Å². The lowest BCUT2D eigenvalue weighted by Crippen LogP contribution is -2.09. The summed E-state index contributed by atoms with van der Waals surface area (Å²) < 4.78 is 8.34. The quantitative estimate of drug-likeness (QED) is 0.863. The molecule has 1 heterocycles. The van der Waals surface area contributed by atoms with Crippen molar-refractivity contribution >= 4 is 10.9 Å². The summed E-state index contributed by atoms with van der Waals surface area (Å²) in [5.41, 5.74) is 9.76. The Kier molecular flexibility index (Phi) is 4.94. The van der Waals surface area contributed by atoms with Crippen LogP contribution >= 0.6 is 0 Å². The highest BCUT2D eigenvalue weighted by molar-refractivity contribution is 5.87. The Morgan fingerprint density at radius 3 is 2.52 bits per heavy atom. The van der Waals surface area contributed by atoms with Crippen molar-refractivity contribution in [3.05, 3.63) is 29.5 Å². The molecule has 0 fully saturated rings. The van der Waals surface area contributed by atoms with Crippen molar-refractivity contribution in [1.82, 2.24) is 4.57 Å². The third-order valence-electron chi connectivity index (χ3n) is 4.09. The summed E-state index contributed by atoms with van der Waals surface area (Å²) in [4.78, 5) is 0. The third-order valence-corrected chi connectivity index (χ3v) is 4.09. The summed E-state index contributed by atoms with van der Waals surface area (Å²) in [6.45, 7) is 12.5. The summed E-state index contributed by atoms with van der Waals surface area (Å²) >= 11 is 0. The van der Waals surface area contributed by atoms with E-state index in [1.807, 2.05) is 0 Å². The van der Waals surface area contributed by atoms with E-state index in [1.165, 1.54) is 22.2 Å². The second kappa shape index (κ2) is 6.52. The molecule has 2 aromatic rings. The van der Waals surface area contributed by atoms with Crippen LogP contribution in [0.2, 0.25) is 0 Å². The fourth-order valence-corrected chi connectivity index (χ4v) is 2.78. The Labute approximate surface area is 128 Å². The van der Waals surface area contributed by atoms with E-state index in [9.17, 15) is 0 Å². The van der Waals surface area contributed by atoms with Crippen LogP contribution in [0, 0.1) is 12.8 Å². The number of fused-ring (bicyclic) bond motifs is 1. The van der Waals surface area contributed by atoms with Crippen molar-refractivity contribution in [3.8, 4) is 5.75 Å². The Hall–Kier alpha value is -1.48. The molecule has 21 heavy (non-hydrogen) atoms. The minimum atomic E-state index is 0.239. The third kappa shape index (κ3) is 3.24.